The normalized spacial score (nSPS) is 23.6. The first-order valence-electron chi connectivity index (χ1n) is 8.12. The topological polar surface area (TPSA) is 21.3 Å². The van der Waals surface area contributed by atoms with Crippen LogP contribution in [0.3, 0.4) is 0 Å². The summed E-state index contributed by atoms with van der Waals surface area (Å²) in [7, 11) is 0. The van der Waals surface area contributed by atoms with Crippen LogP contribution in [0.1, 0.15) is 58.4 Å². The molecule has 0 saturated heterocycles. The third-order valence-corrected chi connectivity index (χ3v) is 4.15. The second kappa shape index (κ2) is 7.68. The van der Waals surface area contributed by atoms with Crippen LogP contribution in [0.15, 0.2) is 24.3 Å². The highest BCUT2D eigenvalue weighted by Gasteiger charge is 2.15. The summed E-state index contributed by atoms with van der Waals surface area (Å²) >= 11 is 0. The lowest BCUT2D eigenvalue weighted by atomic mass is 10.0. The lowest BCUT2D eigenvalue weighted by Crippen LogP contribution is -2.27. The van der Waals surface area contributed by atoms with Crippen molar-refractivity contribution in [3.8, 4) is 5.75 Å². The molecule has 2 atom stereocenters. The minimum absolute atomic E-state index is 0.243. The Bertz CT molecular complexity index is 385. The molecule has 2 heteroatoms. The van der Waals surface area contributed by atoms with Crippen LogP contribution in [0.5, 0.6) is 5.75 Å². The van der Waals surface area contributed by atoms with Gasteiger partial charge in [0.2, 0.25) is 0 Å². The van der Waals surface area contributed by atoms with Gasteiger partial charge in [-0.1, -0.05) is 31.9 Å². The maximum absolute atomic E-state index is 5.67. The number of nitrogens with one attached hydrogen (secondary N) is 1. The maximum atomic E-state index is 5.67. The Kier molecular flexibility index (Phi) is 5.90. The summed E-state index contributed by atoms with van der Waals surface area (Å²) in [5.74, 6) is 1.88. The molecule has 1 N–H and O–H groups in total. The van der Waals surface area contributed by atoms with E-state index in [1.807, 2.05) is 0 Å². The summed E-state index contributed by atoms with van der Waals surface area (Å²) in [4.78, 5) is 0. The molecule has 2 nitrogen and oxygen atoms in total. The maximum Gasteiger partial charge on any atom is 0.119 e. The predicted octanol–water partition coefficient (Wildman–Crippen LogP) is 4.53. The van der Waals surface area contributed by atoms with Crippen molar-refractivity contribution in [3.05, 3.63) is 29.8 Å². The molecule has 0 aromatic heterocycles. The van der Waals surface area contributed by atoms with Gasteiger partial charge in [0.15, 0.2) is 0 Å². The summed E-state index contributed by atoms with van der Waals surface area (Å²) in [6, 6.07) is 9.19. The van der Waals surface area contributed by atoms with E-state index in [0.29, 0.717) is 6.04 Å². The number of hydrogen-bond donors (Lipinski definition) is 1. The molecule has 1 aliphatic rings. The van der Waals surface area contributed by atoms with Crippen LogP contribution in [0, 0.1) is 5.92 Å². The summed E-state index contributed by atoms with van der Waals surface area (Å²) in [5, 5.41) is 3.72. The van der Waals surface area contributed by atoms with E-state index in [2.05, 4.69) is 50.4 Å². The Hall–Kier alpha value is -1.02. The van der Waals surface area contributed by atoms with E-state index >= 15 is 0 Å². The summed E-state index contributed by atoms with van der Waals surface area (Å²) in [6.45, 7) is 7.47. The largest absolute Gasteiger partial charge is 0.491 e. The fourth-order valence-corrected chi connectivity index (χ4v) is 2.91. The van der Waals surface area contributed by atoms with Crippen molar-refractivity contribution in [3.63, 3.8) is 0 Å². The van der Waals surface area contributed by atoms with Crippen molar-refractivity contribution in [2.24, 2.45) is 5.92 Å². The summed E-state index contributed by atoms with van der Waals surface area (Å²) in [6.07, 6.45) is 7.05. The van der Waals surface area contributed by atoms with Gasteiger partial charge in [-0.25, -0.2) is 0 Å². The van der Waals surface area contributed by atoms with Crippen molar-refractivity contribution < 1.29 is 4.74 Å². The van der Waals surface area contributed by atoms with Crippen molar-refractivity contribution >= 4 is 0 Å². The molecule has 0 radical (unpaired) electrons. The first kappa shape index (κ1) is 15.4. The molecule has 2 unspecified atom stereocenters. The van der Waals surface area contributed by atoms with Crippen LogP contribution in [-0.4, -0.2) is 12.1 Å². The van der Waals surface area contributed by atoms with E-state index in [9.17, 15) is 0 Å². The third-order valence-electron chi connectivity index (χ3n) is 4.15. The molecule has 1 fully saturated rings. The minimum Gasteiger partial charge on any atom is -0.491 e. The number of ether oxygens (including phenoxy) is 1. The van der Waals surface area contributed by atoms with Crippen LogP contribution in [0.2, 0.25) is 0 Å². The monoisotopic (exact) mass is 275 g/mol. The minimum atomic E-state index is 0.243. The molecule has 112 valence electrons. The molecule has 1 saturated carbocycles. The average molecular weight is 275 g/mol. The van der Waals surface area contributed by atoms with E-state index in [0.717, 1.165) is 18.2 Å². The smallest absolute Gasteiger partial charge is 0.119 e. The molecule has 20 heavy (non-hydrogen) atoms. The third kappa shape index (κ3) is 5.16. The van der Waals surface area contributed by atoms with Crippen molar-refractivity contribution in [2.45, 2.75) is 71.6 Å². The Morgan fingerprint density at radius 1 is 1.10 bits per heavy atom. The Morgan fingerprint density at radius 3 is 2.55 bits per heavy atom. The lowest BCUT2D eigenvalue weighted by molar-refractivity contribution is 0.242. The van der Waals surface area contributed by atoms with Crippen LogP contribution in [-0.2, 0) is 6.54 Å². The molecule has 0 spiro atoms. The highest BCUT2D eigenvalue weighted by Crippen LogP contribution is 2.23. The van der Waals surface area contributed by atoms with E-state index in [1.54, 1.807) is 0 Å². The fourth-order valence-electron chi connectivity index (χ4n) is 2.91. The second-order valence-electron chi connectivity index (χ2n) is 6.50. The highest BCUT2D eigenvalue weighted by molar-refractivity contribution is 5.27. The molecule has 0 aliphatic heterocycles. The van der Waals surface area contributed by atoms with Crippen molar-refractivity contribution in [1.82, 2.24) is 5.32 Å². The van der Waals surface area contributed by atoms with Crippen LogP contribution >= 0.6 is 0 Å². The summed E-state index contributed by atoms with van der Waals surface area (Å²) < 4.78 is 5.67. The SMILES string of the molecule is CC1CCCC(NCc2ccc(OC(C)C)cc2)CC1. The Balaban J connectivity index is 1.78. The Labute approximate surface area is 123 Å². The molecule has 2 rings (SSSR count). The van der Waals surface area contributed by atoms with E-state index in [4.69, 9.17) is 4.74 Å². The molecular weight excluding hydrogens is 246 g/mol. The molecule has 0 bridgehead atoms. The van der Waals surface area contributed by atoms with Gasteiger partial charge in [0, 0.05) is 12.6 Å². The summed E-state index contributed by atoms with van der Waals surface area (Å²) in [5.41, 5.74) is 1.35. The van der Waals surface area contributed by atoms with Gasteiger partial charge in [0.05, 0.1) is 6.10 Å². The standard InChI is InChI=1S/C18H29NO/c1-14(2)20-18-11-8-16(9-12-18)13-19-17-6-4-5-15(3)7-10-17/h8-9,11-12,14-15,17,19H,4-7,10,13H2,1-3H3. The fraction of sp³-hybridized carbons (Fsp3) is 0.667. The Morgan fingerprint density at radius 2 is 1.85 bits per heavy atom. The molecule has 1 aromatic carbocycles. The van der Waals surface area contributed by atoms with E-state index in [-0.39, 0.29) is 6.10 Å². The molecule has 0 heterocycles. The van der Waals surface area contributed by atoms with E-state index in [1.165, 1.54) is 37.7 Å². The van der Waals surface area contributed by atoms with Crippen LogP contribution in [0.4, 0.5) is 0 Å². The van der Waals surface area contributed by atoms with Gasteiger partial charge in [-0.15, -0.1) is 0 Å². The first-order chi connectivity index (χ1) is 9.63. The molecule has 1 aliphatic carbocycles. The van der Waals surface area contributed by atoms with Crippen LogP contribution < -0.4 is 10.1 Å². The number of rotatable bonds is 5. The zero-order valence-electron chi connectivity index (χ0n) is 13.2. The van der Waals surface area contributed by atoms with Gasteiger partial charge < -0.3 is 10.1 Å². The van der Waals surface area contributed by atoms with Gasteiger partial charge >= 0.3 is 0 Å². The van der Waals surface area contributed by atoms with Gasteiger partial charge in [-0.3, -0.25) is 0 Å². The predicted molar refractivity (Wildman–Crippen MR) is 85.1 cm³/mol. The molecule has 1 aromatic rings. The van der Waals surface area contributed by atoms with Gasteiger partial charge in [-0.2, -0.15) is 0 Å². The number of benzene rings is 1. The van der Waals surface area contributed by atoms with Gasteiger partial charge in [0.1, 0.15) is 5.75 Å². The van der Waals surface area contributed by atoms with Crippen molar-refractivity contribution in [2.75, 3.05) is 0 Å². The van der Waals surface area contributed by atoms with Crippen LogP contribution in [0.25, 0.3) is 0 Å². The van der Waals surface area contributed by atoms with Gasteiger partial charge in [-0.05, 0) is 56.7 Å². The highest BCUT2D eigenvalue weighted by atomic mass is 16.5. The number of hydrogen-bond acceptors (Lipinski definition) is 2. The first-order valence-corrected chi connectivity index (χ1v) is 8.12. The zero-order chi connectivity index (χ0) is 14.4. The van der Waals surface area contributed by atoms with Gasteiger partial charge in [0.25, 0.3) is 0 Å². The second-order valence-corrected chi connectivity index (χ2v) is 6.50. The zero-order valence-corrected chi connectivity index (χ0v) is 13.2. The lowest BCUT2D eigenvalue weighted by Gasteiger charge is -2.17. The quantitative estimate of drug-likeness (QED) is 0.797. The molecular formula is C18H29NO. The average Bonchev–Trinajstić information content (AvgIpc) is 2.62. The van der Waals surface area contributed by atoms with E-state index < -0.39 is 0 Å². The molecule has 0 amide bonds. The van der Waals surface area contributed by atoms with Crippen molar-refractivity contribution in [1.29, 1.82) is 0 Å².